The Morgan fingerprint density at radius 1 is 1.25 bits per heavy atom. The second kappa shape index (κ2) is 6.02. The summed E-state index contributed by atoms with van der Waals surface area (Å²) in [5.41, 5.74) is -0.269. The van der Waals surface area contributed by atoms with Gasteiger partial charge in [-0.3, -0.25) is 0 Å². The molecule has 3 aromatic rings. The molecule has 1 aliphatic rings. The minimum atomic E-state index is -4.35. The molecule has 1 atom stereocenters. The Balaban J connectivity index is 1.61. The van der Waals surface area contributed by atoms with Gasteiger partial charge in [0.05, 0.1) is 28.9 Å². The van der Waals surface area contributed by atoms with Crippen molar-refractivity contribution in [2.75, 3.05) is 24.6 Å². The van der Waals surface area contributed by atoms with Crippen LogP contribution in [-0.4, -0.2) is 24.7 Å². The van der Waals surface area contributed by atoms with Gasteiger partial charge in [-0.1, -0.05) is 17.4 Å². The monoisotopic (exact) mass is 370 g/mol. The van der Waals surface area contributed by atoms with Gasteiger partial charge < -0.3 is 9.64 Å². The van der Waals surface area contributed by atoms with Crippen molar-refractivity contribution in [1.82, 2.24) is 4.98 Å². The Morgan fingerprint density at radius 2 is 2.12 bits per heavy atom. The van der Waals surface area contributed by atoms with Gasteiger partial charge in [0.25, 0.3) is 0 Å². The minimum absolute atomic E-state index is 0.0171. The molecule has 0 spiro atoms. The minimum Gasteiger partial charge on any atom is -0.369 e. The predicted molar refractivity (Wildman–Crippen MR) is 89.8 cm³/mol. The summed E-state index contributed by atoms with van der Waals surface area (Å²) in [6.07, 6.45) is -4.36. The predicted octanol–water partition coefficient (Wildman–Crippen LogP) is 4.95. The van der Waals surface area contributed by atoms with Crippen LogP contribution in [0.4, 0.5) is 18.3 Å². The number of hydrogen-bond donors (Lipinski definition) is 0. The first-order valence-electron chi connectivity index (χ1n) is 7.38. The molecule has 1 aromatic carbocycles. The summed E-state index contributed by atoms with van der Waals surface area (Å²) in [6.45, 7) is 1.92. The zero-order valence-corrected chi connectivity index (χ0v) is 14.0. The van der Waals surface area contributed by atoms with Crippen LogP contribution in [-0.2, 0) is 10.9 Å². The molecular formula is C16H13F3N2OS2. The van der Waals surface area contributed by atoms with Gasteiger partial charge in [0, 0.05) is 11.4 Å². The van der Waals surface area contributed by atoms with Crippen LogP contribution in [0.15, 0.2) is 35.7 Å². The third kappa shape index (κ3) is 3.01. The number of alkyl halides is 3. The van der Waals surface area contributed by atoms with E-state index in [1.54, 1.807) is 11.3 Å². The van der Waals surface area contributed by atoms with Gasteiger partial charge in [0.2, 0.25) is 0 Å². The van der Waals surface area contributed by atoms with Crippen LogP contribution < -0.4 is 4.90 Å². The number of fused-ring (bicyclic) bond motifs is 1. The summed E-state index contributed by atoms with van der Waals surface area (Å²) >= 11 is 3.06. The number of thiophene rings is 1. The molecule has 1 fully saturated rings. The van der Waals surface area contributed by atoms with E-state index in [0.29, 0.717) is 25.2 Å². The maximum Gasteiger partial charge on any atom is 0.416 e. The average molecular weight is 370 g/mol. The summed E-state index contributed by atoms with van der Waals surface area (Å²) < 4.78 is 45.1. The van der Waals surface area contributed by atoms with E-state index in [0.717, 1.165) is 26.8 Å². The molecule has 2 aromatic heterocycles. The Bertz CT molecular complexity index is 845. The van der Waals surface area contributed by atoms with Crippen LogP contribution in [0.5, 0.6) is 0 Å². The van der Waals surface area contributed by atoms with E-state index in [-0.39, 0.29) is 6.10 Å². The van der Waals surface area contributed by atoms with E-state index in [2.05, 4.69) is 9.88 Å². The van der Waals surface area contributed by atoms with Crippen molar-refractivity contribution in [3.63, 3.8) is 0 Å². The molecule has 24 heavy (non-hydrogen) atoms. The molecule has 8 heteroatoms. The van der Waals surface area contributed by atoms with Crippen LogP contribution >= 0.6 is 22.7 Å². The van der Waals surface area contributed by atoms with Gasteiger partial charge in [-0.15, -0.1) is 11.3 Å². The van der Waals surface area contributed by atoms with Crippen LogP contribution in [0.25, 0.3) is 10.2 Å². The molecule has 126 valence electrons. The highest BCUT2D eigenvalue weighted by molar-refractivity contribution is 7.22. The van der Waals surface area contributed by atoms with Crippen LogP contribution in [0.3, 0.4) is 0 Å². The van der Waals surface area contributed by atoms with Crippen molar-refractivity contribution in [1.29, 1.82) is 0 Å². The largest absolute Gasteiger partial charge is 0.416 e. The summed E-state index contributed by atoms with van der Waals surface area (Å²) in [5, 5.41) is 2.75. The molecule has 1 saturated heterocycles. The number of hydrogen-bond acceptors (Lipinski definition) is 5. The fourth-order valence-electron chi connectivity index (χ4n) is 2.70. The molecule has 0 radical (unpaired) electrons. The molecular weight excluding hydrogens is 357 g/mol. The third-order valence-corrected chi connectivity index (χ3v) is 5.96. The SMILES string of the molecule is FC(F)(F)c1ccc2sc(N3CCOC(c4cccs4)C3)nc2c1. The summed E-state index contributed by atoms with van der Waals surface area (Å²) in [4.78, 5) is 7.66. The van der Waals surface area contributed by atoms with Crippen molar-refractivity contribution < 1.29 is 17.9 Å². The van der Waals surface area contributed by atoms with Crippen molar-refractivity contribution >= 4 is 38.0 Å². The lowest BCUT2D eigenvalue weighted by molar-refractivity contribution is -0.137. The first-order chi connectivity index (χ1) is 11.5. The van der Waals surface area contributed by atoms with E-state index in [1.807, 2.05) is 17.5 Å². The van der Waals surface area contributed by atoms with Gasteiger partial charge in [-0.05, 0) is 29.6 Å². The van der Waals surface area contributed by atoms with Crippen LogP contribution in [0.1, 0.15) is 16.5 Å². The molecule has 1 aliphatic heterocycles. The van der Waals surface area contributed by atoms with E-state index < -0.39 is 11.7 Å². The second-order valence-corrected chi connectivity index (χ2v) is 7.49. The fourth-order valence-corrected chi connectivity index (χ4v) is 4.44. The van der Waals surface area contributed by atoms with Gasteiger partial charge >= 0.3 is 6.18 Å². The second-order valence-electron chi connectivity index (χ2n) is 5.50. The number of thiazole rings is 1. The quantitative estimate of drug-likeness (QED) is 0.638. The topological polar surface area (TPSA) is 25.4 Å². The zero-order chi connectivity index (χ0) is 16.7. The molecule has 3 heterocycles. The smallest absolute Gasteiger partial charge is 0.369 e. The van der Waals surface area contributed by atoms with Crippen molar-refractivity contribution in [2.24, 2.45) is 0 Å². The molecule has 4 rings (SSSR count). The molecule has 0 aliphatic carbocycles. The van der Waals surface area contributed by atoms with Crippen molar-refractivity contribution in [3.8, 4) is 0 Å². The lowest BCUT2D eigenvalue weighted by atomic mass is 10.2. The Morgan fingerprint density at radius 3 is 2.88 bits per heavy atom. The molecule has 0 saturated carbocycles. The number of morpholine rings is 1. The van der Waals surface area contributed by atoms with Crippen LogP contribution in [0.2, 0.25) is 0 Å². The zero-order valence-electron chi connectivity index (χ0n) is 12.4. The standard InChI is InChI=1S/C16H13F3N2OS2/c17-16(18,19)10-3-4-13-11(8-10)20-15(24-13)21-5-6-22-12(9-21)14-2-1-7-23-14/h1-4,7-8,12H,5-6,9H2. The number of halogens is 3. The molecule has 0 amide bonds. The Kier molecular flexibility index (Phi) is 3.98. The lowest BCUT2D eigenvalue weighted by Gasteiger charge is -2.32. The summed E-state index contributed by atoms with van der Waals surface area (Å²) in [5.74, 6) is 0. The van der Waals surface area contributed by atoms with Gasteiger partial charge in [-0.2, -0.15) is 13.2 Å². The third-order valence-electron chi connectivity index (χ3n) is 3.90. The first-order valence-corrected chi connectivity index (χ1v) is 9.08. The van der Waals surface area contributed by atoms with Crippen molar-refractivity contribution in [2.45, 2.75) is 12.3 Å². The van der Waals surface area contributed by atoms with E-state index in [1.165, 1.54) is 17.4 Å². The highest BCUT2D eigenvalue weighted by Gasteiger charge is 2.31. The number of anilines is 1. The lowest BCUT2D eigenvalue weighted by Crippen LogP contribution is -2.38. The van der Waals surface area contributed by atoms with Gasteiger partial charge in [0.15, 0.2) is 5.13 Å². The molecule has 0 N–H and O–H groups in total. The highest BCUT2D eigenvalue weighted by atomic mass is 32.1. The fraction of sp³-hybridized carbons (Fsp3) is 0.312. The van der Waals surface area contributed by atoms with E-state index >= 15 is 0 Å². The van der Waals surface area contributed by atoms with Gasteiger partial charge in [0.1, 0.15) is 6.10 Å². The summed E-state index contributed by atoms with van der Waals surface area (Å²) in [7, 11) is 0. The van der Waals surface area contributed by atoms with Gasteiger partial charge in [-0.25, -0.2) is 4.98 Å². The normalized spacial score (nSPS) is 19.1. The summed E-state index contributed by atoms with van der Waals surface area (Å²) in [6, 6.07) is 7.74. The van der Waals surface area contributed by atoms with E-state index in [4.69, 9.17) is 4.74 Å². The van der Waals surface area contributed by atoms with Crippen molar-refractivity contribution in [3.05, 3.63) is 46.2 Å². The maximum atomic E-state index is 12.8. The highest BCUT2D eigenvalue weighted by Crippen LogP contribution is 2.36. The van der Waals surface area contributed by atoms with Crippen LogP contribution in [0, 0.1) is 0 Å². The number of rotatable bonds is 2. The Hall–Kier alpha value is -1.64. The molecule has 1 unspecified atom stereocenters. The molecule has 0 bridgehead atoms. The number of nitrogens with zero attached hydrogens (tertiary/aromatic N) is 2. The Labute approximate surface area is 144 Å². The average Bonchev–Trinajstić information content (AvgIpc) is 3.23. The molecule has 3 nitrogen and oxygen atoms in total. The number of benzene rings is 1. The number of ether oxygens (including phenoxy) is 1. The number of aromatic nitrogens is 1. The maximum absolute atomic E-state index is 12.8. The first kappa shape index (κ1) is 15.9. The van der Waals surface area contributed by atoms with E-state index in [9.17, 15) is 13.2 Å².